The standard InChI is InChI=1S/C9H10N2O2/c1-5(2)6-3-7-8(4-10-6)13-9(12)11-7/h3-5H,1-2H3,(H,11,12). The van der Waals surface area contributed by atoms with Crippen LogP contribution in [-0.4, -0.2) is 9.97 Å². The molecule has 0 amide bonds. The minimum Gasteiger partial charge on any atom is -0.406 e. The van der Waals surface area contributed by atoms with Crippen molar-refractivity contribution < 1.29 is 4.42 Å². The highest BCUT2D eigenvalue weighted by Gasteiger charge is 2.05. The van der Waals surface area contributed by atoms with Gasteiger partial charge in [0.15, 0.2) is 5.58 Å². The average Bonchev–Trinajstić information content (AvgIpc) is 2.42. The number of nitrogens with one attached hydrogen (secondary N) is 1. The Bertz CT molecular complexity index is 482. The van der Waals surface area contributed by atoms with Gasteiger partial charge in [-0.15, -0.1) is 0 Å². The first-order valence-corrected chi connectivity index (χ1v) is 4.15. The molecule has 0 radical (unpaired) electrons. The van der Waals surface area contributed by atoms with Gasteiger partial charge in [-0.2, -0.15) is 0 Å². The Morgan fingerprint density at radius 3 is 3.00 bits per heavy atom. The van der Waals surface area contributed by atoms with E-state index in [-0.39, 0.29) is 0 Å². The zero-order valence-electron chi connectivity index (χ0n) is 7.50. The fourth-order valence-corrected chi connectivity index (χ4v) is 1.19. The number of rotatable bonds is 1. The Labute approximate surface area is 74.6 Å². The average molecular weight is 178 g/mol. The van der Waals surface area contributed by atoms with Crippen molar-refractivity contribution in [2.24, 2.45) is 0 Å². The molecule has 1 N–H and O–H groups in total. The predicted octanol–water partition coefficient (Wildman–Crippen LogP) is 1.64. The van der Waals surface area contributed by atoms with Crippen molar-refractivity contribution in [2.45, 2.75) is 19.8 Å². The highest BCUT2D eigenvalue weighted by atomic mass is 16.4. The lowest BCUT2D eigenvalue weighted by Gasteiger charge is -2.01. The number of aromatic amines is 1. The fourth-order valence-electron chi connectivity index (χ4n) is 1.19. The lowest BCUT2D eigenvalue weighted by molar-refractivity contribution is 0.554. The third kappa shape index (κ3) is 1.35. The number of aromatic nitrogens is 2. The summed E-state index contributed by atoms with van der Waals surface area (Å²) in [5.74, 6) is -0.0829. The molecule has 2 aromatic heterocycles. The Morgan fingerprint density at radius 1 is 1.54 bits per heavy atom. The minimum absolute atomic E-state index is 0.350. The van der Waals surface area contributed by atoms with Gasteiger partial charge >= 0.3 is 5.76 Å². The molecule has 0 aromatic carbocycles. The van der Waals surface area contributed by atoms with Gasteiger partial charge in [0.25, 0.3) is 0 Å². The van der Waals surface area contributed by atoms with Crippen molar-refractivity contribution in [3.8, 4) is 0 Å². The Balaban J connectivity index is 2.68. The second-order valence-corrected chi connectivity index (χ2v) is 3.27. The number of fused-ring (bicyclic) bond motifs is 1. The molecule has 0 saturated carbocycles. The van der Waals surface area contributed by atoms with E-state index in [0.717, 1.165) is 5.69 Å². The van der Waals surface area contributed by atoms with Crippen LogP contribution in [0.4, 0.5) is 0 Å². The third-order valence-corrected chi connectivity index (χ3v) is 1.92. The maximum Gasteiger partial charge on any atom is 0.417 e. The summed E-state index contributed by atoms with van der Waals surface area (Å²) < 4.78 is 4.83. The molecule has 0 spiro atoms. The van der Waals surface area contributed by atoms with Gasteiger partial charge < -0.3 is 4.42 Å². The van der Waals surface area contributed by atoms with E-state index in [1.807, 2.05) is 19.9 Å². The number of hydrogen-bond donors (Lipinski definition) is 1. The van der Waals surface area contributed by atoms with E-state index in [9.17, 15) is 4.79 Å². The monoisotopic (exact) mass is 178 g/mol. The molecule has 0 atom stereocenters. The largest absolute Gasteiger partial charge is 0.417 e. The first kappa shape index (κ1) is 8.04. The topological polar surface area (TPSA) is 58.9 Å². The lowest BCUT2D eigenvalue weighted by atomic mass is 10.1. The van der Waals surface area contributed by atoms with Gasteiger partial charge in [-0.05, 0) is 12.0 Å². The highest BCUT2D eigenvalue weighted by Crippen LogP contribution is 2.15. The Morgan fingerprint density at radius 2 is 2.31 bits per heavy atom. The fraction of sp³-hybridized carbons (Fsp3) is 0.333. The Hall–Kier alpha value is -1.58. The summed E-state index contributed by atoms with van der Waals surface area (Å²) >= 11 is 0. The van der Waals surface area contributed by atoms with Crippen LogP contribution in [0.1, 0.15) is 25.5 Å². The highest BCUT2D eigenvalue weighted by molar-refractivity contribution is 5.71. The number of nitrogens with zero attached hydrogens (tertiary/aromatic N) is 1. The maximum atomic E-state index is 10.8. The summed E-state index contributed by atoms with van der Waals surface area (Å²) in [7, 11) is 0. The Kier molecular flexibility index (Phi) is 1.69. The van der Waals surface area contributed by atoms with Crippen molar-refractivity contribution in [3.05, 3.63) is 28.5 Å². The molecular weight excluding hydrogens is 168 g/mol. The van der Waals surface area contributed by atoms with Gasteiger partial charge in [0.1, 0.15) is 0 Å². The number of H-pyrrole nitrogens is 1. The van der Waals surface area contributed by atoms with Gasteiger partial charge in [-0.3, -0.25) is 9.97 Å². The molecule has 4 heteroatoms. The second-order valence-electron chi connectivity index (χ2n) is 3.27. The lowest BCUT2D eigenvalue weighted by Crippen LogP contribution is -1.93. The second kappa shape index (κ2) is 2.73. The molecule has 68 valence electrons. The van der Waals surface area contributed by atoms with Crippen LogP contribution in [0, 0.1) is 0 Å². The first-order valence-electron chi connectivity index (χ1n) is 4.15. The quantitative estimate of drug-likeness (QED) is 0.722. The van der Waals surface area contributed by atoms with Crippen LogP contribution in [-0.2, 0) is 0 Å². The van der Waals surface area contributed by atoms with E-state index in [0.29, 0.717) is 17.0 Å². The van der Waals surface area contributed by atoms with Crippen molar-refractivity contribution in [1.29, 1.82) is 0 Å². The van der Waals surface area contributed by atoms with Gasteiger partial charge in [-0.1, -0.05) is 13.8 Å². The first-order chi connectivity index (χ1) is 6.16. The van der Waals surface area contributed by atoms with Gasteiger partial charge in [-0.25, -0.2) is 4.79 Å². The SMILES string of the molecule is CC(C)c1cc2[nH]c(=O)oc2cn1. The molecule has 0 aliphatic rings. The van der Waals surface area contributed by atoms with E-state index in [1.54, 1.807) is 6.20 Å². The van der Waals surface area contributed by atoms with E-state index in [4.69, 9.17) is 4.42 Å². The molecular formula is C9H10N2O2. The maximum absolute atomic E-state index is 10.8. The van der Waals surface area contributed by atoms with E-state index in [2.05, 4.69) is 9.97 Å². The van der Waals surface area contributed by atoms with E-state index < -0.39 is 5.76 Å². The van der Waals surface area contributed by atoms with Crippen molar-refractivity contribution in [3.63, 3.8) is 0 Å². The van der Waals surface area contributed by atoms with Crippen LogP contribution in [0.5, 0.6) is 0 Å². The van der Waals surface area contributed by atoms with Crippen molar-refractivity contribution in [1.82, 2.24) is 9.97 Å². The molecule has 0 saturated heterocycles. The van der Waals surface area contributed by atoms with Crippen molar-refractivity contribution in [2.75, 3.05) is 0 Å². The van der Waals surface area contributed by atoms with E-state index in [1.165, 1.54) is 0 Å². The van der Waals surface area contributed by atoms with E-state index >= 15 is 0 Å². The normalized spacial score (nSPS) is 11.3. The molecule has 0 aliphatic heterocycles. The smallest absolute Gasteiger partial charge is 0.406 e. The minimum atomic E-state index is -0.433. The van der Waals surface area contributed by atoms with Crippen LogP contribution in [0.25, 0.3) is 11.1 Å². The number of oxazole rings is 1. The molecule has 0 aliphatic carbocycles. The van der Waals surface area contributed by atoms with Crippen LogP contribution < -0.4 is 5.76 Å². The number of pyridine rings is 1. The third-order valence-electron chi connectivity index (χ3n) is 1.92. The molecule has 2 heterocycles. The summed E-state index contributed by atoms with van der Waals surface area (Å²) in [5, 5.41) is 0. The van der Waals surface area contributed by atoms with Crippen LogP contribution in [0.3, 0.4) is 0 Å². The summed E-state index contributed by atoms with van der Waals surface area (Å²) in [6.45, 7) is 4.10. The molecule has 4 nitrogen and oxygen atoms in total. The molecule has 0 unspecified atom stereocenters. The van der Waals surface area contributed by atoms with Crippen LogP contribution in [0.2, 0.25) is 0 Å². The summed E-state index contributed by atoms with van der Waals surface area (Å²) in [4.78, 5) is 17.6. The van der Waals surface area contributed by atoms with Crippen molar-refractivity contribution >= 4 is 11.1 Å². The summed E-state index contributed by atoms with van der Waals surface area (Å²) in [6, 6.07) is 1.84. The van der Waals surface area contributed by atoms with Gasteiger partial charge in [0, 0.05) is 5.69 Å². The molecule has 0 fully saturated rings. The molecule has 13 heavy (non-hydrogen) atoms. The van der Waals surface area contributed by atoms with Crippen LogP contribution in [0.15, 0.2) is 21.5 Å². The molecule has 0 bridgehead atoms. The summed E-state index contributed by atoms with van der Waals surface area (Å²) in [6.07, 6.45) is 1.57. The molecule has 2 aromatic rings. The molecule has 2 rings (SSSR count). The predicted molar refractivity (Wildman–Crippen MR) is 48.7 cm³/mol. The summed E-state index contributed by atoms with van der Waals surface area (Å²) in [5.41, 5.74) is 2.17. The van der Waals surface area contributed by atoms with Gasteiger partial charge in [0.2, 0.25) is 0 Å². The number of hydrogen-bond acceptors (Lipinski definition) is 3. The van der Waals surface area contributed by atoms with Crippen LogP contribution >= 0.6 is 0 Å². The van der Waals surface area contributed by atoms with Gasteiger partial charge in [0.05, 0.1) is 11.7 Å². The zero-order valence-corrected chi connectivity index (χ0v) is 7.50. The zero-order chi connectivity index (χ0) is 9.42.